The van der Waals surface area contributed by atoms with Gasteiger partial charge in [-0.15, -0.1) is 0 Å². The number of hydrogen-bond donors (Lipinski definition) is 2. The van der Waals surface area contributed by atoms with Crippen LogP contribution >= 0.6 is 0 Å². The molecule has 3 atom stereocenters. The lowest BCUT2D eigenvalue weighted by Gasteiger charge is -2.28. The van der Waals surface area contributed by atoms with Gasteiger partial charge >= 0.3 is 0 Å². The maximum atomic E-state index is 9.96. The van der Waals surface area contributed by atoms with Crippen LogP contribution < -0.4 is 14.8 Å². The fourth-order valence-corrected chi connectivity index (χ4v) is 3.58. The predicted octanol–water partition coefficient (Wildman–Crippen LogP) is 1.33. The number of nitrogens with one attached hydrogen (secondary N) is 1. The first-order valence-corrected chi connectivity index (χ1v) is 6.73. The minimum Gasteiger partial charge on any atom is -0.493 e. The van der Waals surface area contributed by atoms with E-state index in [1.165, 1.54) is 16.7 Å². The smallest absolute Gasteiger partial charge is 0.165 e. The third-order valence-corrected chi connectivity index (χ3v) is 4.35. The second-order valence-electron chi connectivity index (χ2n) is 5.45. The lowest BCUT2D eigenvalue weighted by Crippen LogP contribution is -2.32. The van der Waals surface area contributed by atoms with E-state index in [0.717, 1.165) is 24.6 Å². The van der Waals surface area contributed by atoms with Crippen molar-refractivity contribution in [2.75, 3.05) is 13.7 Å². The molecule has 1 aliphatic carbocycles. The molecule has 0 saturated carbocycles. The number of aliphatic hydroxyl groups is 1. The van der Waals surface area contributed by atoms with Crippen LogP contribution in [0.2, 0.25) is 0 Å². The Balaban J connectivity index is 1.93. The van der Waals surface area contributed by atoms with E-state index in [1.54, 1.807) is 7.11 Å². The average molecular weight is 259 g/mol. The number of rotatable bonds is 1. The zero-order valence-electron chi connectivity index (χ0n) is 10.8. The summed E-state index contributed by atoms with van der Waals surface area (Å²) >= 11 is 0. The van der Waals surface area contributed by atoms with Crippen molar-refractivity contribution in [1.82, 2.24) is 5.32 Å². The standard InChI is InChI=1S/C15H17NO3/c1-18-11-3-2-8-6-16-7-9-4-10(17)5-12-13(9)14(8)15(11)19-12/h2-4,10,12-13,16-17H,5-7H2,1H3. The highest BCUT2D eigenvalue weighted by Gasteiger charge is 2.44. The van der Waals surface area contributed by atoms with Gasteiger partial charge in [-0.05, 0) is 17.2 Å². The molecule has 1 aromatic rings. The van der Waals surface area contributed by atoms with Crippen molar-refractivity contribution < 1.29 is 14.6 Å². The van der Waals surface area contributed by atoms with Gasteiger partial charge in [-0.3, -0.25) is 0 Å². The van der Waals surface area contributed by atoms with E-state index in [9.17, 15) is 5.11 Å². The fourth-order valence-electron chi connectivity index (χ4n) is 3.58. The Bertz CT molecular complexity index is 567. The molecule has 4 rings (SSSR count). The lowest BCUT2D eigenvalue weighted by molar-refractivity contribution is 0.113. The zero-order valence-corrected chi connectivity index (χ0v) is 10.8. The molecule has 3 unspecified atom stereocenters. The number of methoxy groups -OCH3 is 1. The van der Waals surface area contributed by atoms with Crippen LogP contribution in [0, 0.1) is 0 Å². The van der Waals surface area contributed by atoms with Crippen molar-refractivity contribution in [3.63, 3.8) is 0 Å². The molecule has 100 valence electrons. The fraction of sp³-hybridized carbons (Fsp3) is 0.467. The normalized spacial score (nSPS) is 31.1. The van der Waals surface area contributed by atoms with Gasteiger partial charge in [0.1, 0.15) is 6.10 Å². The first kappa shape index (κ1) is 11.3. The van der Waals surface area contributed by atoms with Crippen LogP contribution in [0.3, 0.4) is 0 Å². The van der Waals surface area contributed by atoms with Gasteiger partial charge in [-0.2, -0.15) is 0 Å². The highest BCUT2D eigenvalue weighted by molar-refractivity contribution is 5.59. The van der Waals surface area contributed by atoms with E-state index >= 15 is 0 Å². The molecule has 2 aliphatic heterocycles. The topological polar surface area (TPSA) is 50.7 Å². The van der Waals surface area contributed by atoms with Gasteiger partial charge in [0, 0.05) is 31.0 Å². The molecule has 0 bridgehead atoms. The molecule has 0 aromatic heterocycles. The van der Waals surface area contributed by atoms with Crippen LogP contribution in [-0.4, -0.2) is 31.0 Å². The summed E-state index contributed by atoms with van der Waals surface area (Å²) in [4.78, 5) is 0. The largest absolute Gasteiger partial charge is 0.493 e. The second-order valence-corrected chi connectivity index (χ2v) is 5.45. The Hall–Kier alpha value is -1.52. The van der Waals surface area contributed by atoms with E-state index in [-0.39, 0.29) is 12.0 Å². The van der Waals surface area contributed by atoms with Gasteiger partial charge < -0.3 is 19.9 Å². The van der Waals surface area contributed by atoms with Crippen LogP contribution in [0.1, 0.15) is 23.5 Å². The molecule has 2 heterocycles. The van der Waals surface area contributed by atoms with Gasteiger partial charge in [0.25, 0.3) is 0 Å². The van der Waals surface area contributed by atoms with Crippen LogP contribution in [0.25, 0.3) is 0 Å². The van der Waals surface area contributed by atoms with Gasteiger partial charge in [-0.25, -0.2) is 0 Å². The van der Waals surface area contributed by atoms with Crippen molar-refractivity contribution in [2.45, 2.75) is 31.1 Å². The SMILES string of the molecule is COc1ccc2c3c1OC1CC(O)C=C(CNC2)C31. The van der Waals surface area contributed by atoms with Gasteiger partial charge in [-0.1, -0.05) is 12.1 Å². The van der Waals surface area contributed by atoms with Gasteiger partial charge in [0.15, 0.2) is 11.5 Å². The number of aliphatic hydroxyl groups excluding tert-OH is 1. The Labute approximate surface area is 112 Å². The first-order chi connectivity index (χ1) is 9.28. The molecule has 4 heteroatoms. The molecule has 1 aromatic carbocycles. The Kier molecular flexibility index (Phi) is 2.37. The van der Waals surface area contributed by atoms with E-state index in [4.69, 9.17) is 9.47 Å². The van der Waals surface area contributed by atoms with Gasteiger partial charge in [0.2, 0.25) is 0 Å². The summed E-state index contributed by atoms with van der Waals surface area (Å²) in [6.07, 6.45) is 2.28. The predicted molar refractivity (Wildman–Crippen MR) is 70.6 cm³/mol. The van der Waals surface area contributed by atoms with Crippen LogP contribution in [0.4, 0.5) is 0 Å². The third-order valence-electron chi connectivity index (χ3n) is 4.35. The summed E-state index contributed by atoms with van der Waals surface area (Å²) in [5.74, 6) is 1.95. The van der Waals surface area contributed by atoms with E-state index in [2.05, 4.69) is 11.4 Å². The van der Waals surface area contributed by atoms with Crippen molar-refractivity contribution in [3.8, 4) is 11.5 Å². The Morgan fingerprint density at radius 3 is 3.11 bits per heavy atom. The van der Waals surface area contributed by atoms with Crippen LogP contribution in [-0.2, 0) is 6.54 Å². The molecule has 0 spiro atoms. The summed E-state index contributed by atoms with van der Waals surface area (Å²) in [6.45, 7) is 1.66. The molecular formula is C15H17NO3. The molecule has 19 heavy (non-hydrogen) atoms. The minimum atomic E-state index is -0.403. The lowest BCUT2D eigenvalue weighted by atomic mass is 9.80. The molecule has 3 aliphatic rings. The summed E-state index contributed by atoms with van der Waals surface area (Å²) in [6, 6.07) is 4.09. The summed E-state index contributed by atoms with van der Waals surface area (Å²) in [7, 11) is 1.67. The quantitative estimate of drug-likeness (QED) is 0.747. The van der Waals surface area contributed by atoms with Crippen LogP contribution in [0.15, 0.2) is 23.8 Å². The van der Waals surface area contributed by atoms with Crippen molar-refractivity contribution >= 4 is 0 Å². The molecular weight excluding hydrogens is 242 g/mol. The first-order valence-electron chi connectivity index (χ1n) is 6.73. The summed E-state index contributed by atoms with van der Waals surface area (Å²) < 4.78 is 11.5. The minimum absolute atomic E-state index is 0.0416. The Morgan fingerprint density at radius 2 is 2.26 bits per heavy atom. The maximum absolute atomic E-state index is 9.96. The zero-order chi connectivity index (χ0) is 13.0. The van der Waals surface area contributed by atoms with Crippen molar-refractivity contribution in [2.24, 2.45) is 0 Å². The van der Waals surface area contributed by atoms with E-state index in [0.29, 0.717) is 6.42 Å². The number of benzene rings is 1. The molecule has 0 radical (unpaired) electrons. The number of hydrogen-bond acceptors (Lipinski definition) is 4. The molecule has 4 nitrogen and oxygen atoms in total. The van der Waals surface area contributed by atoms with E-state index < -0.39 is 6.10 Å². The highest BCUT2D eigenvalue weighted by Crippen LogP contribution is 2.52. The van der Waals surface area contributed by atoms with Crippen molar-refractivity contribution in [3.05, 3.63) is 34.9 Å². The summed E-state index contributed by atoms with van der Waals surface area (Å²) in [5.41, 5.74) is 3.78. The maximum Gasteiger partial charge on any atom is 0.165 e. The van der Waals surface area contributed by atoms with Crippen LogP contribution in [0.5, 0.6) is 11.5 Å². The molecule has 0 saturated heterocycles. The molecule has 0 amide bonds. The Morgan fingerprint density at radius 1 is 1.37 bits per heavy atom. The van der Waals surface area contributed by atoms with Gasteiger partial charge in [0.05, 0.1) is 13.2 Å². The average Bonchev–Trinajstić information content (AvgIpc) is 2.66. The highest BCUT2D eigenvalue weighted by atomic mass is 16.5. The summed E-state index contributed by atoms with van der Waals surface area (Å²) in [5, 5.41) is 13.4. The monoisotopic (exact) mass is 259 g/mol. The molecule has 2 N–H and O–H groups in total. The van der Waals surface area contributed by atoms with Crippen molar-refractivity contribution in [1.29, 1.82) is 0 Å². The number of ether oxygens (including phenoxy) is 2. The van der Waals surface area contributed by atoms with E-state index in [1.807, 2.05) is 12.1 Å². The molecule has 0 fully saturated rings. The third kappa shape index (κ3) is 1.53. The second kappa shape index (κ2) is 3.99.